The number of carbonyl (C=O) groups excluding carboxylic acids is 1. The smallest absolute Gasteiger partial charge is 0.303 e. The van der Waals surface area contributed by atoms with Crippen LogP contribution in [0.4, 0.5) is 0 Å². The van der Waals surface area contributed by atoms with Crippen molar-refractivity contribution in [2.45, 2.75) is 38.1 Å². The summed E-state index contributed by atoms with van der Waals surface area (Å²) < 4.78 is 0. The van der Waals surface area contributed by atoms with Gasteiger partial charge < -0.3 is 5.11 Å². The Labute approximate surface area is 88.7 Å². The third-order valence-corrected chi connectivity index (χ3v) is 2.57. The first-order valence-electron chi connectivity index (χ1n) is 5.03. The van der Waals surface area contributed by atoms with Gasteiger partial charge in [-0.1, -0.05) is 0 Å². The Bertz CT molecular complexity index is 306. The van der Waals surface area contributed by atoms with Crippen LogP contribution in [0.5, 0.6) is 0 Å². The van der Waals surface area contributed by atoms with Crippen molar-refractivity contribution in [2.24, 2.45) is 4.99 Å². The van der Waals surface area contributed by atoms with Crippen LogP contribution in [0.15, 0.2) is 17.1 Å². The molecule has 4 nitrogen and oxygen atoms in total. The predicted octanol–water partition coefficient (Wildman–Crippen LogP) is 1.60. The molecule has 15 heavy (non-hydrogen) atoms. The second kappa shape index (κ2) is 4.87. The summed E-state index contributed by atoms with van der Waals surface area (Å²) in [7, 11) is 0. The molecule has 4 heteroatoms. The topological polar surface area (TPSA) is 66.7 Å². The third-order valence-electron chi connectivity index (χ3n) is 2.57. The maximum absolute atomic E-state index is 11.4. The van der Waals surface area contributed by atoms with Crippen molar-refractivity contribution in [3.8, 4) is 0 Å². The molecule has 0 aromatic rings. The van der Waals surface area contributed by atoms with E-state index in [0.717, 1.165) is 0 Å². The van der Waals surface area contributed by atoms with E-state index in [0.29, 0.717) is 19.3 Å². The highest BCUT2D eigenvalue weighted by Gasteiger charge is 2.32. The molecule has 0 saturated heterocycles. The molecule has 82 valence electrons. The van der Waals surface area contributed by atoms with Crippen molar-refractivity contribution in [1.29, 1.82) is 0 Å². The summed E-state index contributed by atoms with van der Waals surface area (Å²) >= 11 is 0. The Kier molecular flexibility index (Phi) is 3.77. The molecule has 1 N–H and O–H groups in total. The average Bonchev–Trinajstić information content (AvgIpc) is 2.62. The highest BCUT2D eigenvalue weighted by molar-refractivity contribution is 5.94. The number of unbranched alkanes of at least 4 members (excludes halogenated alkanes) is 1. The molecule has 0 aromatic carbocycles. The first kappa shape index (κ1) is 11.6. The first-order chi connectivity index (χ1) is 7.07. The van der Waals surface area contributed by atoms with E-state index in [1.807, 2.05) is 0 Å². The Morgan fingerprint density at radius 3 is 2.60 bits per heavy atom. The summed E-state index contributed by atoms with van der Waals surface area (Å²) in [5.41, 5.74) is -0.710. The second-order valence-corrected chi connectivity index (χ2v) is 3.72. The predicted molar refractivity (Wildman–Crippen MR) is 57.1 cm³/mol. The molecular formula is C11H15NO3. The fourth-order valence-electron chi connectivity index (χ4n) is 1.62. The molecule has 0 amide bonds. The van der Waals surface area contributed by atoms with Gasteiger partial charge in [0.2, 0.25) is 0 Å². The van der Waals surface area contributed by atoms with Gasteiger partial charge in [-0.3, -0.25) is 14.6 Å². The van der Waals surface area contributed by atoms with E-state index < -0.39 is 11.5 Å². The Hall–Kier alpha value is -1.45. The molecule has 0 spiro atoms. The molecule has 0 saturated carbocycles. The number of Topliss-reactive ketones (excluding diaryl/α,β-unsaturated/α-hetero) is 1. The van der Waals surface area contributed by atoms with Crippen LogP contribution >= 0.6 is 0 Å². The summed E-state index contributed by atoms with van der Waals surface area (Å²) in [5, 5.41) is 8.47. The SMILES string of the molecule is CC(=O)C1(CCCCC(=O)O)C=CC=N1. The van der Waals surface area contributed by atoms with Crippen LogP contribution in [0.1, 0.15) is 32.6 Å². The van der Waals surface area contributed by atoms with Crippen molar-refractivity contribution < 1.29 is 14.7 Å². The molecule has 1 rings (SSSR count). The molecule has 0 fully saturated rings. The first-order valence-corrected chi connectivity index (χ1v) is 5.03. The monoisotopic (exact) mass is 209 g/mol. The zero-order chi connectivity index (χ0) is 11.3. The number of carbonyl (C=O) groups is 2. The molecule has 1 heterocycles. The van der Waals surface area contributed by atoms with Crippen molar-refractivity contribution in [3.63, 3.8) is 0 Å². The number of aliphatic imine (C=N–C) groups is 1. The summed E-state index contributed by atoms with van der Waals surface area (Å²) in [4.78, 5) is 25.9. The normalized spacial score (nSPS) is 23.3. The van der Waals surface area contributed by atoms with E-state index in [1.54, 1.807) is 18.4 Å². The van der Waals surface area contributed by atoms with Gasteiger partial charge in [0, 0.05) is 12.6 Å². The van der Waals surface area contributed by atoms with Gasteiger partial charge in [-0.15, -0.1) is 0 Å². The minimum absolute atomic E-state index is 0.0165. The van der Waals surface area contributed by atoms with Crippen LogP contribution in [0, 0.1) is 0 Å². The largest absolute Gasteiger partial charge is 0.481 e. The second-order valence-electron chi connectivity index (χ2n) is 3.72. The highest BCUT2D eigenvalue weighted by Crippen LogP contribution is 2.25. The number of aliphatic carboxylic acids is 1. The molecule has 1 aliphatic rings. The summed E-state index contributed by atoms with van der Waals surface area (Å²) in [6.07, 6.45) is 7.22. The lowest BCUT2D eigenvalue weighted by molar-refractivity contribution is -0.137. The highest BCUT2D eigenvalue weighted by atomic mass is 16.4. The van der Waals surface area contributed by atoms with Crippen LogP contribution in [0.3, 0.4) is 0 Å². The summed E-state index contributed by atoms with van der Waals surface area (Å²) in [5.74, 6) is -0.778. The number of carboxylic acid groups (broad SMARTS) is 1. The number of carboxylic acids is 1. The van der Waals surface area contributed by atoms with Crippen LogP contribution in [0.25, 0.3) is 0 Å². The van der Waals surface area contributed by atoms with E-state index in [1.165, 1.54) is 6.92 Å². The molecule has 1 unspecified atom stereocenters. The zero-order valence-electron chi connectivity index (χ0n) is 8.77. The lowest BCUT2D eigenvalue weighted by Crippen LogP contribution is -2.31. The maximum atomic E-state index is 11.4. The average molecular weight is 209 g/mol. The van der Waals surface area contributed by atoms with Crippen LogP contribution in [-0.2, 0) is 9.59 Å². The fraction of sp³-hybridized carbons (Fsp3) is 0.545. The van der Waals surface area contributed by atoms with Crippen molar-refractivity contribution in [3.05, 3.63) is 12.2 Å². The van der Waals surface area contributed by atoms with E-state index in [2.05, 4.69) is 4.99 Å². The lowest BCUT2D eigenvalue weighted by atomic mass is 9.90. The summed E-state index contributed by atoms with van der Waals surface area (Å²) in [6, 6.07) is 0. The Morgan fingerprint density at radius 1 is 1.40 bits per heavy atom. The third kappa shape index (κ3) is 3.01. The van der Waals surface area contributed by atoms with E-state index >= 15 is 0 Å². The fourth-order valence-corrected chi connectivity index (χ4v) is 1.62. The van der Waals surface area contributed by atoms with Crippen molar-refractivity contribution in [2.75, 3.05) is 0 Å². The van der Waals surface area contributed by atoms with E-state index in [-0.39, 0.29) is 12.2 Å². The number of ketones is 1. The lowest BCUT2D eigenvalue weighted by Gasteiger charge is -2.20. The van der Waals surface area contributed by atoms with Crippen LogP contribution < -0.4 is 0 Å². The van der Waals surface area contributed by atoms with Gasteiger partial charge in [-0.05, 0) is 38.3 Å². The quantitative estimate of drug-likeness (QED) is 0.675. The molecular weight excluding hydrogens is 194 g/mol. The van der Waals surface area contributed by atoms with Gasteiger partial charge >= 0.3 is 5.97 Å². The van der Waals surface area contributed by atoms with Gasteiger partial charge in [0.15, 0.2) is 5.78 Å². The molecule has 0 aromatic heterocycles. The van der Waals surface area contributed by atoms with Gasteiger partial charge in [-0.25, -0.2) is 0 Å². The number of allylic oxidation sites excluding steroid dienone is 1. The molecule has 0 aliphatic carbocycles. The van der Waals surface area contributed by atoms with Crippen LogP contribution in [0.2, 0.25) is 0 Å². The number of nitrogens with zero attached hydrogens (tertiary/aromatic N) is 1. The minimum atomic E-state index is -0.794. The molecule has 1 atom stereocenters. The Balaban J connectivity index is 2.41. The minimum Gasteiger partial charge on any atom is -0.481 e. The number of hydrogen-bond donors (Lipinski definition) is 1. The van der Waals surface area contributed by atoms with E-state index in [9.17, 15) is 9.59 Å². The van der Waals surface area contributed by atoms with Gasteiger partial charge in [0.25, 0.3) is 0 Å². The number of rotatable bonds is 6. The standard InChI is InChI=1S/C11H15NO3/c1-9(13)11(7-4-8-12-11)6-3-2-5-10(14)15/h4,7-8H,2-3,5-6H2,1H3,(H,14,15). The van der Waals surface area contributed by atoms with Gasteiger partial charge in [0.1, 0.15) is 5.54 Å². The summed E-state index contributed by atoms with van der Waals surface area (Å²) in [6.45, 7) is 1.52. The molecule has 0 radical (unpaired) electrons. The van der Waals surface area contributed by atoms with Gasteiger partial charge in [-0.2, -0.15) is 0 Å². The van der Waals surface area contributed by atoms with Crippen molar-refractivity contribution in [1.82, 2.24) is 0 Å². The van der Waals surface area contributed by atoms with Gasteiger partial charge in [0.05, 0.1) is 0 Å². The van der Waals surface area contributed by atoms with Crippen LogP contribution in [-0.4, -0.2) is 28.6 Å². The number of hydrogen-bond acceptors (Lipinski definition) is 3. The zero-order valence-corrected chi connectivity index (χ0v) is 8.77. The van der Waals surface area contributed by atoms with Crippen molar-refractivity contribution >= 4 is 18.0 Å². The Morgan fingerprint density at radius 2 is 2.13 bits per heavy atom. The molecule has 0 bridgehead atoms. The molecule has 1 aliphatic heterocycles. The maximum Gasteiger partial charge on any atom is 0.303 e. The van der Waals surface area contributed by atoms with E-state index in [4.69, 9.17) is 5.11 Å².